The van der Waals surface area contributed by atoms with Crippen LogP contribution < -0.4 is 5.32 Å². The van der Waals surface area contributed by atoms with Gasteiger partial charge in [-0.05, 0) is 66.6 Å². The summed E-state index contributed by atoms with van der Waals surface area (Å²) in [4.78, 5) is 17.6. The lowest BCUT2D eigenvalue weighted by atomic mass is 9.86. The normalized spacial score (nSPS) is 17.8. The second-order valence-electron chi connectivity index (χ2n) is 7.78. The van der Waals surface area contributed by atoms with Crippen molar-refractivity contribution in [1.82, 2.24) is 0 Å². The molecule has 3 aromatic rings. The molecule has 3 aromatic carbocycles. The van der Waals surface area contributed by atoms with Crippen LogP contribution in [0.25, 0.3) is 0 Å². The average molecular weight is 511 g/mol. The number of aryl methyl sites for hydroxylation is 1. The number of rotatable bonds is 4. The lowest BCUT2D eigenvalue weighted by Gasteiger charge is -2.29. The second-order valence-corrected chi connectivity index (χ2v) is 8.66. The molecule has 10 heteroatoms. The molecule has 1 aliphatic rings. The zero-order valence-electron chi connectivity index (χ0n) is 17.5. The quantitative estimate of drug-likeness (QED) is 0.375. The molecule has 0 bridgehead atoms. The number of oxime groups is 1. The third-order valence-electron chi connectivity index (χ3n) is 5.40. The fourth-order valence-corrected chi connectivity index (χ4v) is 4.23. The molecule has 34 heavy (non-hydrogen) atoms. The summed E-state index contributed by atoms with van der Waals surface area (Å²) in [7, 11) is 0. The minimum atomic E-state index is -4.81. The molecular weight excluding hydrogens is 495 g/mol. The summed E-state index contributed by atoms with van der Waals surface area (Å²) in [6.07, 6.45) is -5.42. The standard InChI is InChI=1S/C24H16Cl2F4N2O2/c1-13-7-14(5-6-20(13)22(33)31-19-4-2-3-18(27)11-19)21-12-23(34-32-21,24(28,29)30)15-8-16(25)10-17(26)9-15/h2-11H,12H2,1H3,(H,31,33). The van der Waals surface area contributed by atoms with Crippen molar-refractivity contribution in [2.24, 2.45) is 5.16 Å². The van der Waals surface area contributed by atoms with Gasteiger partial charge in [-0.15, -0.1) is 0 Å². The van der Waals surface area contributed by atoms with Crippen LogP contribution in [0.2, 0.25) is 10.0 Å². The summed E-state index contributed by atoms with van der Waals surface area (Å²) in [6, 6.07) is 13.5. The first-order valence-electron chi connectivity index (χ1n) is 9.95. The number of anilines is 1. The molecular formula is C24H16Cl2F4N2O2. The highest BCUT2D eigenvalue weighted by molar-refractivity contribution is 6.34. The molecule has 1 atom stereocenters. The fraction of sp³-hybridized carbons (Fsp3) is 0.167. The monoisotopic (exact) mass is 510 g/mol. The van der Waals surface area contributed by atoms with Crippen LogP contribution in [0.4, 0.5) is 23.2 Å². The van der Waals surface area contributed by atoms with Crippen molar-refractivity contribution in [3.8, 4) is 0 Å². The van der Waals surface area contributed by atoms with Gasteiger partial charge >= 0.3 is 6.18 Å². The van der Waals surface area contributed by atoms with E-state index in [1.165, 1.54) is 42.5 Å². The van der Waals surface area contributed by atoms with Gasteiger partial charge in [0, 0.05) is 33.3 Å². The number of hydrogen-bond acceptors (Lipinski definition) is 3. The Balaban J connectivity index is 1.60. The molecule has 1 amide bonds. The Morgan fingerprint density at radius 2 is 1.76 bits per heavy atom. The van der Waals surface area contributed by atoms with Gasteiger partial charge in [-0.1, -0.05) is 40.5 Å². The van der Waals surface area contributed by atoms with Crippen molar-refractivity contribution in [3.63, 3.8) is 0 Å². The van der Waals surface area contributed by atoms with Gasteiger partial charge in [0.05, 0.1) is 5.71 Å². The van der Waals surface area contributed by atoms with Gasteiger partial charge in [0.1, 0.15) is 5.82 Å². The topological polar surface area (TPSA) is 50.7 Å². The van der Waals surface area contributed by atoms with Gasteiger partial charge in [-0.3, -0.25) is 4.79 Å². The first-order chi connectivity index (χ1) is 16.0. The van der Waals surface area contributed by atoms with E-state index < -0.39 is 29.9 Å². The van der Waals surface area contributed by atoms with E-state index in [1.54, 1.807) is 13.0 Å². The van der Waals surface area contributed by atoms with Crippen LogP contribution in [0.15, 0.2) is 65.8 Å². The van der Waals surface area contributed by atoms with Crippen molar-refractivity contribution in [2.45, 2.75) is 25.1 Å². The summed E-state index contributed by atoms with van der Waals surface area (Å²) < 4.78 is 55.9. The van der Waals surface area contributed by atoms with Gasteiger partial charge in [-0.25, -0.2) is 4.39 Å². The first kappa shape index (κ1) is 24.0. The summed E-state index contributed by atoms with van der Waals surface area (Å²) in [6.45, 7) is 1.63. The molecule has 1 heterocycles. The molecule has 1 aliphatic heterocycles. The van der Waals surface area contributed by atoms with Gasteiger partial charge in [0.25, 0.3) is 11.5 Å². The molecule has 1 N–H and O–H groups in total. The zero-order valence-corrected chi connectivity index (χ0v) is 19.0. The molecule has 0 fully saturated rings. The van der Waals surface area contributed by atoms with Crippen molar-refractivity contribution < 1.29 is 27.2 Å². The van der Waals surface area contributed by atoms with E-state index in [0.717, 1.165) is 12.1 Å². The van der Waals surface area contributed by atoms with E-state index >= 15 is 0 Å². The summed E-state index contributed by atoms with van der Waals surface area (Å²) in [5, 5.41) is 6.38. The highest BCUT2D eigenvalue weighted by atomic mass is 35.5. The van der Waals surface area contributed by atoms with E-state index in [1.807, 2.05) is 0 Å². The molecule has 0 spiro atoms. The van der Waals surface area contributed by atoms with E-state index in [9.17, 15) is 22.4 Å². The third kappa shape index (κ3) is 4.60. The first-order valence-corrected chi connectivity index (χ1v) is 10.7. The van der Waals surface area contributed by atoms with Crippen molar-refractivity contribution >= 4 is 40.5 Å². The predicted molar refractivity (Wildman–Crippen MR) is 122 cm³/mol. The van der Waals surface area contributed by atoms with Crippen LogP contribution in [-0.4, -0.2) is 17.8 Å². The largest absolute Gasteiger partial charge is 0.435 e. The number of nitrogens with zero attached hydrogens (tertiary/aromatic N) is 1. The van der Waals surface area contributed by atoms with Crippen molar-refractivity contribution in [2.75, 3.05) is 5.32 Å². The Hall–Kier alpha value is -3.10. The Morgan fingerprint density at radius 3 is 2.38 bits per heavy atom. The van der Waals surface area contributed by atoms with Crippen LogP contribution >= 0.6 is 23.2 Å². The smallest absolute Gasteiger partial charge is 0.374 e. The van der Waals surface area contributed by atoms with Gasteiger partial charge in [0.15, 0.2) is 0 Å². The number of amides is 1. The van der Waals surface area contributed by atoms with E-state index in [-0.39, 0.29) is 32.6 Å². The minimum Gasteiger partial charge on any atom is -0.374 e. The van der Waals surface area contributed by atoms with Gasteiger partial charge in [0.2, 0.25) is 0 Å². The second kappa shape index (κ2) is 8.92. The van der Waals surface area contributed by atoms with E-state index in [2.05, 4.69) is 10.5 Å². The molecule has 0 saturated carbocycles. The molecule has 0 saturated heterocycles. The summed E-state index contributed by atoms with van der Waals surface area (Å²) >= 11 is 11.9. The Morgan fingerprint density at radius 1 is 1.06 bits per heavy atom. The highest BCUT2D eigenvalue weighted by Crippen LogP contribution is 2.49. The number of carbonyl (C=O) groups excluding carboxylic acids is 1. The molecule has 4 nitrogen and oxygen atoms in total. The maximum absolute atomic E-state index is 14.2. The number of hydrogen-bond donors (Lipinski definition) is 1. The summed E-state index contributed by atoms with van der Waals surface area (Å²) in [5.41, 5.74) is -1.57. The average Bonchev–Trinajstić information content (AvgIpc) is 3.20. The highest BCUT2D eigenvalue weighted by Gasteiger charge is 2.62. The lowest BCUT2D eigenvalue weighted by molar-refractivity contribution is -0.275. The summed E-state index contributed by atoms with van der Waals surface area (Å²) in [5.74, 6) is -0.990. The van der Waals surface area contributed by atoms with Crippen molar-refractivity contribution in [3.05, 3.63) is 98.8 Å². The maximum Gasteiger partial charge on any atom is 0.435 e. The lowest BCUT2D eigenvalue weighted by Crippen LogP contribution is -2.42. The fourth-order valence-electron chi connectivity index (χ4n) is 3.71. The number of benzene rings is 3. The molecule has 4 rings (SSSR count). The molecule has 0 aliphatic carbocycles. The SMILES string of the molecule is Cc1cc(C2=NOC(c3cc(Cl)cc(Cl)c3)(C(F)(F)F)C2)ccc1C(=O)Nc1cccc(F)c1. The number of halogens is 6. The van der Waals surface area contributed by atoms with Crippen LogP contribution in [-0.2, 0) is 10.4 Å². The van der Waals surface area contributed by atoms with Crippen LogP contribution in [0.5, 0.6) is 0 Å². The van der Waals surface area contributed by atoms with Crippen LogP contribution in [0.3, 0.4) is 0 Å². The third-order valence-corrected chi connectivity index (χ3v) is 5.84. The zero-order chi connectivity index (χ0) is 24.7. The molecule has 0 aromatic heterocycles. The van der Waals surface area contributed by atoms with E-state index in [0.29, 0.717) is 11.1 Å². The minimum absolute atomic E-state index is 0.0349. The molecule has 0 radical (unpaired) electrons. The number of carbonyl (C=O) groups is 1. The Kier molecular flexibility index (Phi) is 6.31. The van der Waals surface area contributed by atoms with Gasteiger partial charge < -0.3 is 10.2 Å². The Bertz CT molecular complexity index is 1290. The number of nitrogens with one attached hydrogen (secondary N) is 1. The van der Waals surface area contributed by atoms with E-state index in [4.69, 9.17) is 28.0 Å². The van der Waals surface area contributed by atoms with Crippen LogP contribution in [0.1, 0.15) is 33.5 Å². The molecule has 1 unspecified atom stereocenters. The maximum atomic E-state index is 14.2. The molecule has 176 valence electrons. The number of alkyl halides is 3. The van der Waals surface area contributed by atoms with Gasteiger partial charge in [-0.2, -0.15) is 13.2 Å². The van der Waals surface area contributed by atoms with Crippen LogP contribution in [0, 0.1) is 12.7 Å². The Labute approximate surface area is 202 Å². The van der Waals surface area contributed by atoms with Crippen molar-refractivity contribution in [1.29, 1.82) is 0 Å². The predicted octanol–water partition coefficient (Wildman–Crippen LogP) is 7.28.